The van der Waals surface area contributed by atoms with Crippen molar-refractivity contribution in [1.29, 1.82) is 0 Å². The topological polar surface area (TPSA) is 111 Å². The van der Waals surface area contributed by atoms with Crippen molar-refractivity contribution in [2.24, 2.45) is 0 Å². The van der Waals surface area contributed by atoms with Crippen molar-refractivity contribution in [2.45, 2.75) is 26.9 Å². The Balaban J connectivity index is 1.40. The molecule has 0 radical (unpaired) electrons. The van der Waals surface area contributed by atoms with E-state index in [2.05, 4.69) is 5.10 Å². The molecule has 0 saturated carbocycles. The van der Waals surface area contributed by atoms with Crippen LogP contribution in [-0.4, -0.2) is 57.8 Å². The van der Waals surface area contributed by atoms with Crippen LogP contribution in [0.1, 0.15) is 29.9 Å². The van der Waals surface area contributed by atoms with Crippen molar-refractivity contribution in [2.75, 3.05) is 31.1 Å². The fraction of sp³-hybridized carbons (Fsp3) is 0.276. The number of hydrogen-bond acceptors (Lipinski definition) is 7. The van der Waals surface area contributed by atoms with Gasteiger partial charge in [0.2, 0.25) is 0 Å². The maximum Gasteiger partial charge on any atom is 0.295 e. The summed E-state index contributed by atoms with van der Waals surface area (Å²) in [6.07, 6.45) is 0.00932. The summed E-state index contributed by atoms with van der Waals surface area (Å²) in [6.45, 7) is 7.67. The van der Waals surface area contributed by atoms with Crippen LogP contribution in [0, 0.1) is 17.0 Å². The molecule has 5 rings (SSSR count). The number of carbonyl (C=O) groups excluding carboxylic acids is 1. The fourth-order valence-electron chi connectivity index (χ4n) is 4.87. The number of piperazine rings is 1. The van der Waals surface area contributed by atoms with Crippen LogP contribution in [0.25, 0.3) is 16.5 Å². The molecule has 1 aromatic heterocycles. The number of anilines is 1. The highest BCUT2D eigenvalue weighted by Gasteiger charge is 2.25. The SMILES string of the molecule is Cc1nn(-c2cc(N3CCN(C(=O)c4cccc(OC(C)C)c4)CC3)ccc2[N+](=O)[O-])c(=O)c2ccccc12. The molecule has 10 heteroatoms. The zero-order valence-electron chi connectivity index (χ0n) is 22.0. The van der Waals surface area contributed by atoms with Gasteiger partial charge in [-0.2, -0.15) is 9.78 Å². The molecule has 1 saturated heterocycles. The van der Waals surface area contributed by atoms with Gasteiger partial charge in [-0.25, -0.2) is 0 Å². The number of aromatic nitrogens is 2. The van der Waals surface area contributed by atoms with Crippen molar-refractivity contribution >= 4 is 28.1 Å². The Hall–Kier alpha value is -4.73. The average molecular weight is 528 g/mol. The quantitative estimate of drug-likeness (QED) is 0.271. The van der Waals surface area contributed by atoms with Gasteiger partial charge >= 0.3 is 0 Å². The molecule has 200 valence electrons. The second-order valence-electron chi connectivity index (χ2n) is 9.75. The van der Waals surface area contributed by atoms with Gasteiger partial charge < -0.3 is 14.5 Å². The molecule has 1 amide bonds. The first kappa shape index (κ1) is 25.9. The van der Waals surface area contributed by atoms with E-state index in [-0.39, 0.29) is 23.4 Å². The minimum atomic E-state index is -0.508. The number of fused-ring (bicyclic) bond motifs is 1. The summed E-state index contributed by atoms with van der Waals surface area (Å²) in [5.41, 5.74) is 1.36. The number of carbonyl (C=O) groups is 1. The second kappa shape index (κ2) is 10.6. The third kappa shape index (κ3) is 5.18. The molecule has 2 heterocycles. The normalized spacial score (nSPS) is 13.6. The van der Waals surface area contributed by atoms with Crippen LogP contribution in [0.5, 0.6) is 5.75 Å². The van der Waals surface area contributed by atoms with E-state index in [4.69, 9.17) is 4.74 Å². The summed E-state index contributed by atoms with van der Waals surface area (Å²) in [5, 5.41) is 17.4. The second-order valence-corrected chi connectivity index (χ2v) is 9.75. The van der Waals surface area contributed by atoms with Gasteiger partial charge in [-0.05, 0) is 57.2 Å². The van der Waals surface area contributed by atoms with Gasteiger partial charge in [0.05, 0.1) is 22.1 Å². The first-order valence-electron chi connectivity index (χ1n) is 12.8. The van der Waals surface area contributed by atoms with Gasteiger partial charge in [0.1, 0.15) is 11.4 Å². The Morgan fingerprint density at radius 2 is 1.69 bits per heavy atom. The van der Waals surface area contributed by atoms with Crippen molar-refractivity contribution in [3.63, 3.8) is 0 Å². The summed E-state index contributed by atoms with van der Waals surface area (Å²) in [4.78, 5) is 41.6. The van der Waals surface area contributed by atoms with E-state index in [0.717, 1.165) is 10.4 Å². The van der Waals surface area contributed by atoms with Crippen LogP contribution in [0.3, 0.4) is 0 Å². The predicted molar refractivity (Wildman–Crippen MR) is 149 cm³/mol. The van der Waals surface area contributed by atoms with Crippen molar-refractivity contribution in [1.82, 2.24) is 14.7 Å². The minimum absolute atomic E-state index is 0.00932. The summed E-state index contributed by atoms with van der Waals surface area (Å²) >= 11 is 0. The molecule has 0 N–H and O–H groups in total. The Bertz CT molecular complexity index is 1620. The Kier molecular flexibility index (Phi) is 7.02. The lowest BCUT2D eigenvalue weighted by Crippen LogP contribution is -2.48. The molecule has 3 aromatic carbocycles. The lowest BCUT2D eigenvalue weighted by Gasteiger charge is -2.36. The highest BCUT2D eigenvalue weighted by molar-refractivity contribution is 5.94. The number of hydrogen-bond donors (Lipinski definition) is 0. The number of aryl methyl sites for hydroxylation is 1. The molecular formula is C29H29N5O5. The van der Waals surface area contributed by atoms with Crippen LogP contribution in [0.15, 0.2) is 71.5 Å². The average Bonchev–Trinajstić information content (AvgIpc) is 2.94. The lowest BCUT2D eigenvalue weighted by atomic mass is 10.1. The Morgan fingerprint density at radius 1 is 0.974 bits per heavy atom. The summed E-state index contributed by atoms with van der Waals surface area (Å²) in [5.74, 6) is 0.580. The number of nitrogens with zero attached hydrogens (tertiary/aromatic N) is 5. The monoisotopic (exact) mass is 527 g/mol. The summed E-state index contributed by atoms with van der Waals surface area (Å²) < 4.78 is 6.84. The highest BCUT2D eigenvalue weighted by Crippen LogP contribution is 2.29. The molecular weight excluding hydrogens is 498 g/mol. The molecule has 0 atom stereocenters. The van der Waals surface area contributed by atoms with Crippen LogP contribution < -0.4 is 15.2 Å². The maximum atomic E-state index is 13.3. The maximum absolute atomic E-state index is 13.3. The van der Waals surface area contributed by atoms with E-state index in [1.54, 1.807) is 48.2 Å². The van der Waals surface area contributed by atoms with Crippen molar-refractivity contribution in [3.8, 4) is 11.4 Å². The van der Waals surface area contributed by atoms with Crippen LogP contribution in [0.4, 0.5) is 11.4 Å². The number of rotatable bonds is 6. The van der Waals surface area contributed by atoms with Gasteiger partial charge in [0, 0.05) is 48.9 Å². The Morgan fingerprint density at radius 3 is 2.38 bits per heavy atom. The van der Waals surface area contributed by atoms with E-state index in [0.29, 0.717) is 54.0 Å². The van der Waals surface area contributed by atoms with E-state index >= 15 is 0 Å². The smallest absolute Gasteiger partial charge is 0.295 e. The third-order valence-electron chi connectivity index (χ3n) is 6.76. The van der Waals surface area contributed by atoms with Gasteiger partial charge in [0.25, 0.3) is 17.2 Å². The van der Waals surface area contributed by atoms with Crippen LogP contribution >= 0.6 is 0 Å². The Labute approximate surface area is 225 Å². The number of amides is 1. The fourth-order valence-corrected chi connectivity index (χ4v) is 4.87. The zero-order valence-corrected chi connectivity index (χ0v) is 22.0. The largest absolute Gasteiger partial charge is 0.491 e. The van der Waals surface area contributed by atoms with E-state index < -0.39 is 10.5 Å². The molecule has 4 aromatic rings. The van der Waals surface area contributed by atoms with Crippen molar-refractivity contribution < 1.29 is 14.5 Å². The molecule has 10 nitrogen and oxygen atoms in total. The zero-order chi connectivity index (χ0) is 27.7. The van der Waals surface area contributed by atoms with Gasteiger partial charge in [-0.1, -0.05) is 24.3 Å². The van der Waals surface area contributed by atoms with E-state index in [1.165, 1.54) is 6.07 Å². The number of benzene rings is 3. The molecule has 1 aliphatic rings. The van der Waals surface area contributed by atoms with Gasteiger partial charge in [-0.3, -0.25) is 19.7 Å². The van der Waals surface area contributed by atoms with E-state index in [1.807, 2.05) is 43.0 Å². The molecule has 1 aliphatic heterocycles. The third-order valence-corrected chi connectivity index (χ3v) is 6.76. The van der Waals surface area contributed by atoms with Crippen molar-refractivity contribution in [3.05, 3.63) is 98.5 Å². The first-order valence-corrected chi connectivity index (χ1v) is 12.8. The highest BCUT2D eigenvalue weighted by atomic mass is 16.6. The standard InChI is InChI=1S/C29H29N5O5/c1-19(2)39-23-8-6-7-21(17-23)28(35)32-15-13-31(14-16-32)22-11-12-26(34(37)38)27(18-22)33-29(36)25-10-5-4-9-24(25)20(3)30-33/h4-12,17-19H,13-16H2,1-3H3. The van der Waals surface area contributed by atoms with Crippen LogP contribution in [-0.2, 0) is 0 Å². The molecule has 0 spiro atoms. The van der Waals surface area contributed by atoms with E-state index in [9.17, 15) is 19.7 Å². The molecule has 0 aliphatic carbocycles. The molecule has 0 unspecified atom stereocenters. The summed E-state index contributed by atoms with van der Waals surface area (Å²) in [6, 6.07) is 19.0. The lowest BCUT2D eigenvalue weighted by molar-refractivity contribution is -0.384. The predicted octanol–water partition coefficient (Wildman–Crippen LogP) is 4.35. The number of ether oxygens (including phenoxy) is 1. The molecule has 1 fully saturated rings. The number of nitro groups is 1. The number of nitro benzene ring substituents is 1. The van der Waals surface area contributed by atoms with Gasteiger partial charge in [0.15, 0.2) is 0 Å². The first-order chi connectivity index (χ1) is 18.7. The van der Waals surface area contributed by atoms with Gasteiger partial charge in [-0.15, -0.1) is 0 Å². The minimum Gasteiger partial charge on any atom is -0.491 e. The van der Waals surface area contributed by atoms with Crippen LogP contribution in [0.2, 0.25) is 0 Å². The molecule has 39 heavy (non-hydrogen) atoms. The molecule has 0 bridgehead atoms. The summed E-state index contributed by atoms with van der Waals surface area (Å²) in [7, 11) is 0.